The van der Waals surface area contributed by atoms with Gasteiger partial charge in [0.1, 0.15) is 5.82 Å². The van der Waals surface area contributed by atoms with Crippen LogP contribution in [0.5, 0.6) is 0 Å². The predicted octanol–water partition coefficient (Wildman–Crippen LogP) is 6.61. The zero-order valence-corrected chi connectivity index (χ0v) is 17.6. The Hall–Kier alpha value is -3.01. The highest BCUT2D eigenvalue weighted by Gasteiger charge is 2.36. The Kier molecular flexibility index (Phi) is 5.19. The lowest BCUT2D eigenvalue weighted by atomic mass is 9.67. The van der Waals surface area contributed by atoms with E-state index in [-0.39, 0.29) is 17.2 Å². The van der Waals surface area contributed by atoms with Crippen LogP contribution in [-0.4, -0.2) is 16.1 Å². The van der Waals surface area contributed by atoms with Gasteiger partial charge < -0.3 is 5.11 Å². The summed E-state index contributed by atoms with van der Waals surface area (Å²) in [6.07, 6.45) is 4.42. The number of fused-ring (bicyclic) bond motifs is 2. The van der Waals surface area contributed by atoms with Gasteiger partial charge in [0.15, 0.2) is 0 Å². The van der Waals surface area contributed by atoms with E-state index in [1.807, 2.05) is 36.4 Å². The molecule has 4 rings (SSSR count). The Bertz CT molecular complexity index is 1160. The molecule has 1 aliphatic rings. The molecule has 1 unspecified atom stereocenters. The summed E-state index contributed by atoms with van der Waals surface area (Å²) in [5.74, 6) is -0.940. The minimum atomic E-state index is -0.926. The van der Waals surface area contributed by atoms with Gasteiger partial charge in [-0.3, -0.25) is 0 Å². The van der Waals surface area contributed by atoms with E-state index < -0.39 is 5.97 Å². The summed E-state index contributed by atoms with van der Waals surface area (Å²) in [5, 5.41) is 10.8. The zero-order valence-electron chi connectivity index (χ0n) is 17.6. The van der Waals surface area contributed by atoms with Crippen molar-refractivity contribution < 1.29 is 14.3 Å². The Morgan fingerprint density at radius 1 is 1.20 bits per heavy atom. The standard InChI is InChI=1S/C26H26FNO2/c1-4-26(2,3)18-14-17(12-16-8-7-9-19(27)13-16)24-21(15-18)23(25(29)30)20-10-5-6-11-22(20)28-24/h5-13,18H,4,14-15H2,1-3H3,(H,29,30). The van der Waals surface area contributed by atoms with Crippen LogP contribution in [-0.2, 0) is 6.42 Å². The van der Waals surface area contributed by atoms with Gasteiger partial charge in [-0.15, -0.1) is 0 Å². The smallest absolute Gasteiger partial charge is 0.336 e. The van der Waals surface area contributed by atoms with Gasteiger partial charge in [-0.2, -0.15) is 0 Å². The number of nitrogens with zero attached hydrogens (tertiary/aromatic N) is 1. The maximum atomic E-state index is 13.8. The minimum Gasteiger partial charge on any atom is -0.478 e. The first-order valence-electron chi connectivity index (χ1n) is 10.4. The van der Waals surface area contributed by atoms with Gasteiger partial charge >= 0.3 is 5.97 Å². The molecule has 1 N–H and O–H groups in total. The number of para-hydroxylation sites is 1. The van der Waals surface area contributed by atoms with Crippen molar-refractivity contribution in [2.75, 3.05) is 0 Å². The van der Waals surface area contributed by atoms with Gasteiger partial charge in [0.25, 0.3) is 0 Å². The van der Waals surface area contributed by atoms with Crippen LogP contribution in [0.15, 0.2) is 48.5 Å². The van der Waals surface area contributed by atoms with Crippen LogP contribution in [0.1, 0.15) is 60.8 Å². The molecule has 1 atom stereocenters. The average Bonchev–Trinajstić information content (AvgIpc) is 2.71. The van der Waals surface area contributed by atoms with Crippen molar-refractivity contribution in [3.05, 3.63) is 76.7 Å². The lowest BCUT2D eigenvalue weighted by Crippen LogP contribution is -2.30. The normalized spacial score (nSPS) is 17.9. The van der Waals surface area contributed by atoms with Crippen LogP contribution in [0.4, 0.5) is 4.39 Å². The topological polar surface area (TPSA) is 50.2 Å². The SMILES string of the molecule is CCC(C)(C)C1CC(=Cc2cccc(F)c2)c2nc3ccccc3c(C(=O)O)c2C1. The van der Waals surface area contributed by atoms with Gasteiger partial charge in [0, 0.05) is 5.39 Å². The van der Waals surface area contributed by atoms with Crippen LogP contribution in [0.3, 0.4) is 0 Å². The molecule has 3 aromatic rings. The number of aromatic nitrogens is 1. The fourth-order valence-electron chi connectivity index (χ4n) is 4.41. The molecule has 0 radical (unpaired) electrons. The summed E-state index contributed by atoms with van der Waals surface area (Å²) in [5.41, 5.74) is 4.32. The van der Waals surface area contributed by atoms with E-state index >= 15 is 0 Å². The fraction of sp³-hybridized carbons (Fsp3) is 0.308. The first kappa shape index (κ1) is 20.3. The third-order valence-electron chi connectivity index (χ3n) is 6.63. The van der Waals surface area contributed by atoms with Gasteiger partial charge in [0.2, 0.25) is 0 Å². The molecule has 154 valence electrons. The summed E-state index contributed by atoms with van der Waals surface area (Å²) >= 11 is 0. The number of halogens is 1. The number of carboxylic acid groups (broad SMARTS) is 1. The molecule has 30 heavy (non-hydrogen) atoms. The Morgan fingerprint density at radius 2 is 1.97 bits per heavy atom. The number of benzene rings is 2. The summed E-state index contributed by atoms with van der Waals surface area (Å²) < 4.78 is 13.8. The van der Waals surface area contributed by atoms with E-state index in [9.17, 15) is 14.3 Å². The molecule has 3 nitrogen and oxygen atoms in total. The van der Waals surface area contributed by atoms with Crippen molar-refractivity contribution in [2.24, 2.45) is 11.3 Å². The highest BCUT2D eigenvalue weighted by Crippen LogP contribution is 2.46. The maximum absolute atomic E-state index is 13.8. The van der Waals surface area contributed by atoms with Crippen LogP contribution in [0.2, 0.25) is 0 Å². The number of hydrogen-bond donors (Lipinski definition) is 1. The maximum Gasteiger partial charge on any atom is 0.336 e. The molecule has 1 aromatic heterocycles. The summed E-state index contributed by atoms with van der Waals surface area (Å²) in [4.78, 5) is 17.2. The molecule has 4 heteroatoms. The van der Waals surface area contributed by atoms with Crippen LogP contribution in [0.25, 0.3) is 22.6 Å². The van der Waals surface area contributed by atoms with E-state index in [1.165, 1.54) is 12.1 Å². The first-order chi connectivity index (χ1) is 14.3. The molecule has 0 saturated heterocycles. The first-order valence-corrected chi connectivity index (χ1v) is 10.4. The Labute approximate surface area is 176 Å². The van der Waals surface area contributed by atoms with E-state index in [0.29, 0.717) is 22.9 Å². The van der Waals surface area contributed by atoms with Gasteiger partial charge in [-0.1, -0.05) is 57.5 Å². The lowest BCUT2D eigenvalue weighted by molar-refractivity contribution is 0.0696. The quantitative estimate of drug-likeness (QED) is 0.533. The zero-order chi connectivity index (χ0) is 21.5. The van der Waals surface area contributed by atoms with Crippen molar-refractivity contribution in [1.29, 1.82) is 0 Å². The van der Waals surface area contributed by atoms with Gasteiger partial charge in [0.05, 0.1) is 16.8 Å². The predicted molar refractivity (Wildman–Crippen MR) is 119 cm³/mol. The molecule has 0 fully saturated rings. The lowest BCUT2D eigenvalue weighted by Gasteiger charge is -2.38. The second kappa shape index (κ2) is 7.67. The number of allylic oxidation sites excluding steroid dienone is 1. The molecular formula is C26H26FNO2. The molecule has 1 aliphatic carbocycles. The molecule has 0 amide bonds. The minimum absolute atomic E-state index is 0.0418. The largest absolute Gasteiger partial charge is 0.478 e. The highest BCUT2D eigenvalue weighted by atomic mass is 19.1. The third-order valence-corrected chi connectivity index (χ3v) is 6.63. The number of rotatable bonds is 4. The number of carboxylic acids is 1. The number of hydrogen-bond acceptors (Lipinski definition) is 2. The Morgan fingerprint density at radius 3 is 2.67 bits per heavy atom. The molecular weight excluding hydrogens is 377 g/mol. The molecule has 0 saturated carbocycles. The second-order valence-corrected chi connectivity index (χ2v) is 8.81. The van der Waals surface area contributed by atoms with Crippen molar-refractivity contribution in [3.8, 4) is 0 Å². The Balaban J connectivity index is 2.00. The number of carbonyl (C=O) groups is 1. The molecule has 1 heterocycles. The summed E-state index contributed by atoms with van der Waals surface area (Å²) in [6, 6.07) is 13.9. The van der Waals surface area contributed by atoms with Crippen LogP contribution < -0.4 is 0 Å². The van der Waals surface area contributed by atoms with E-state index in [2.05, 4.69) is 20.8 Å². The van der Waals surface area contributed by atoms with E-state index in [1.54, 1.807) is 6.07 Å². The molecule has 0 aliphatic heterocycles. The van der Waals surface area contributed by atoms with Crippen LogP contribution in [0, 0.1) is 17.2 Å². The van der Waals surface area contributed by atoms with Gasteiger partial charge in [-0.25, -0.2) is 14.2 Å². The summed E-state index contributed by atoms with van der Waals surface area (Å²) in [6.45, 7) is 6.64. The molecule has 2 aromatic carbocycles. The third kappa shape index (κ3) is 3.62. The fourth-order valence-corrected chi connectivity index (χ4v) is 4.41. The molecule has 0 bridgehead atoms. The highest BCUT2D eigenvalue weighted by molar-refractivity contribution is 6.06. The van der Waals surface area contributed by atoms with Crippen molar-refractivity contribution in [3.63, 3.8) is 0 Å². The van der Waals surface area contributed by atoms with E-state index in [0.717, 1.165) is 35.2 Å². The van der Waals surface area contributed by atoms with Crippen LogP contribution >= 0.6 is 0 Å². The number of aromatic carboxylic acids is 1. The molecule has 0 spiro atoms. The monoisotopic (exact) mass is 403 g/mol. The van der Waals surface area contributed by atoms with Crippen molar-refractivity contribution in [2.45, 2.75) is 40.0 Å². The second-order valence-electron chi connectivity index (χ2n) is 8.81. The average molecular weight is 403 g/mol. The van der Waals surface area contributed by atoms with E-state index in [4.69, 9.17) is 4.98 Å². The van der Waals surface area contributed by atoms with Gasteiger partial charge in [-0.05, 0) is 65.1 Å². The van der Waals surface area contributed by atoms with Crippen molar-refractivity contribution in [1.82, 2.24) is 4.98 Å². The summed E-state index contributed by atoms with van der Waals surface area (Å²) in [7, 11) is 0. The van der Waals surface area contributed by atoms with Crippen molar-refractivity contribution >= 4 is 28.5 Å². The number of pyridine rings is 1.